The zero-order valence-corrected chi connectivity index (χ0v) is 20.4. The molecule has 1 aliphatic heterocycles. The Morgan fingerprint density at radius 1 is 0.943 bits per heavy atom. The lowest BCUT2D eigenvalue weighted by Gasteiger charge is -2.34. The van der Waals surface area contributed by atoms with Crippen LogP contribution in [0.4, 0.5) is 5.69 Å². The second-order valence-electron chi connectivity index (χ2n) is 10.1. The number of hydrogen-bond acceptors (Lipinski definition) is 5. The molecule has 182 valence electrons. The van der Waals surface area contributed by atoms with Crippen LogP contribution in [0.3, 0.4) is 0 Å². The van der Waals surface area contributed by atoms with E-state index < -0.39 is 0 Å². The van der Waals surface area contributed by atoms with E-state index in [1.54, 1.807) is 0 Å². The van der Waals surface area contributed by atoms with Crippen LogP contribution in [0.15, 0.2) is 66.7 Å². The van der Waals surface area contributed by atoms with Crippen molar-refractivity contribution in [3.05, 3.63) is 83.4 Å². The van der Waals surface area contributed by atoms with Crippen molar-refractivity contribution in [1.29, 1.82) is 0 Å². The smallest absolute Gasteiger partial charge is 0.293 e. The molecule has 0 unspecified atom stereocenters. The lowest BCUT2D eigenvalue weighted by molar-refractivity contribution is -0.129. The van der Waals surface area contributed by atoms with Crippen LogP contribution in [0.5, 0.6) is 5.75 Å². The Bertz CT molecular complexity index is 1180. The average molecular weight is 471 g/mol. The minimum absolute atomic E-state index is 0.0113. The summed E-state index contributed by atoms with van der Waals surface area (Å²) in [6, 6.07) is 23.0. The van der Waals surface area contributed by atoms with Gasteiger partial charge in [-0.05, 0) is 90.6 Å². The number of ether oxygens (including phenoxy) is 2. The van der Waals surface area contributed by atoms with Crippen molar-refractivity contribution < 1.29 is 14.3 Å². The molecular formula is C30H34N2O3. The van der Waals surface area contributed by atoms with Crippen molar-refractivity contribution in [2.24, 2.45) is 11.1 Å². The molecule has 35 heavy (non-hydrogen) atoms. The molecule has 1 saturated heterocycles. The second-order valence-corrected chi connectivity index (χ2v) is 10.1. The van der Waals surface area contributed by atoms with E-state index in [-0.39, 0.29) is 12.6 Å². The molecular weight excluding hydrogens is 436 g/mol. The number of benzene rings is 3. The third kappa shape index (κ3) is 5.51. The molecule has 2 N–H and O–H groups in total. The van der Waals surface area contributed by atoms with Crippen LogP contribution in [0.1, 0.15) is 55.3 Å². The normalized spacial score (nSPS) is 17.1. The van der Waals surface area contributed by atoms with Crippen molar-refractivity contribution in [2.75, 3.05) is 18.0 Å². The summed E-state index contributed by atoms with van der Waals surface area (Å²) >= 11 is 0. The van der Waals surface area contributed by atoms with E-state index in [0.717, 1.165) is 35.5 Å². The Balaban J connectivity index is 1.43. The van der Waals surface area contributed by atoms with Crippen molar-refractivity contribution in [1.82, 2.24) is 0 Å². The summed E-state index contributed by atoms with van der Waals surface area (Å²) in [6.45, 7) is 5.33. The number of rotatable bonds is 9. The standard InChI is InChI=1S/C30H34N2O3/c1-22(31)24-6-4-7-25(17-24)27-15-23(19-35-29-8-3-2-5-26(29)20-34-21-33)16-28(18-27)32-13-11-30(9-10-30)12-14-32/h2-8,15-18,21-22H,9-14,19-20,31H2,1H3/t22-/m1/s1. The van der Waals surface area contributed by atoms with Crippen LogP contribution in [-0.2, 0) is 22.7 Å². The molecule has 0 aromatic heterocycles. The first-order valence-electron chi connectivity index (χ1n) is 12.6. The maximum atomic E-state index is 10.7. The number of carbonyl (C=O) groups excluding carboxylic acids is 1. The SMILES string of the molecule is C[C@@H](N)c1cccc(-c2cc(COc3ccccc3COC=O)cc(N3CCC4(CC3)CC4)c2)c1. The minimum Gasteiger partial charge on any atom is -0.488 e. The fourth-order valence-electron chi connectivity index (χ4n) is 5.07. The van der Waals surface area contributed by atoms with Gasteiger partial charge in [-0.3, -0.25) is 4.79 Å². The van der Waals surface area contributed by atoms with Gasteiger partial charge in [-0.25, -0.2) is 0 Å². The largest absolute Gasteiger partial charge is 0.488 e. The molecule has 1 saturated carbocycles. The average Bonchev–Trinajstić information content (AvgIpc) is 3.65. The van der Waals surface area contributed by atoms with Gasteiger partial charge in [0, 0.05) is 30.4 Å². The van der Waals surface area contributed by atoms with Gasteiger partial charge < -0.3 is 20.1 Å². The first kappa shape index (κ1) is 23.4. The summed E-state index contributed by atoms with van der Waals surface area (Å²) in [5.41, 5.74) is 13.5. The number of anilines is 1. The van der Waals surface area contributed by atoms with Crippen molar-refractivity contribution in [2.45, 2.75) is 51.9 Å². The van der Waals surface area contributed by atoms with Gasteiger partial charge in [-0.1, -0.05) is 36.4 Å². The summed E-state index contributed by atoms with van der Waals surface area (Å²) in [5.74, 6) is 0.730. The van der Waals surface area contributed by atoms with Crippen LogP contribution in [-0.4, -0.2) is 19.6 Å². The van der Waals surface area contributed by atoms with Crippen molar-refractivity contribution in [3.8, 4) is 16.9 Å². The van der Waals surface area contributed by atoms with Crippen LogP contribution in [0.2, 0.25) is 0 Å². The molecule has 2 fully saturated rings. The van der Waals surface area contributed by atoms with E-state index in [4.69, 9.17) is 15.2 Å². The number of piperidine rings is 1. The summed E-state index contributed by atoms with van der Waals surface area (Å²) in [6.07, 6.45) is 5.37. The maximum absolute atomic E-state index is 10.7. The Morgan fingerprint density at radius 2 is 1.74 bits per heavy atom. The van der Waals surface area contributed by atoms with E-state index in [2.05, 4.69) is 47.4 Å². The molecule has 5 nitrogen and oxygen atoms in total. The van der Waals surface area contributed by atoms with Crippen molar-refractivity contribution in [3.63, 3.8) is 0 Å². The molecule has 5 rings (SSSR count). The highest BCUT2D eigenvalue weighted by Gasteiger charge is 2.44. The molecule has 0 amide bonds. The van der Waals surface area contributed by atoms with Crippen LogP contribution < -0.4 is 15.4 Å². The molecule has 1 heterocycles. The summed E-state index contributed by atoms with van der Waals surface area (Å²) < 4.78 is 11.2. The molecule has 5 heteroatoms. The zero-order valence-electron chi connectivity index (χ0n) is 20.4. The minimum atomic E-state index is -0.0113. The summed E-state index contributed by atoms with van der Waals surface area (Å²) in [5, 5.41) is 0. The Hall–Kier alpha value is -3.31. The highest BCUT2D eigenvalue weighted by molar-refractivity contribution is 5.70. The molecule has 1 aliphatic carbocycles. The van der Waals surface area contributed by atoms with Crippen LogP contribution in [0.25, 0.3) is 11.1 Å². The van der Waals surface area contributed by atoms with Gasteiger partial charge in [0.05, 0.1) is 0 Å². The molecule has 3 aromatic rings. The Kier molecular flexibility index (Phi) is 6.78. The van der Waals surface area contributed by atoms with E-state index in [1.807, 2.05) is 31.2 Å². The molecule has 1 spiro atoms. The van der Waals surface area contributed by atoms with Gasteiger partial charge in [-0.2, -0.15) is 0 Å². The highest BCUT2D eigenvalue weighted by Crippen LogP contribution is 2.54. The fourth-order valence-corrected chi connectivity index (χ4v) is 5.07. The monoisotopic (exact) mass is 470 g/mol. The molecule has 0 bridgehead atoms. The lowest BCUT2D eigenvalue weighted by atomic mass is 9.92. The van der Waals surface area contributed by atoms with Gasteiger partial charge in [0.25, 0.3) is 6.47 Å². The second kappa shape index (κ2) is 10.1. The number of nitrogens with two attached hydrogens (primary N) is 1. The third-order valence-electron chi connectivity index (χ3n) is 7.54. The predicted octanol–water partition coefficient (Wildman–Crippen LogP) is 6.01. The first-order chi connectivity index (χ1) is 17.0. The van der Waals surface area contributed by atoms with E-state index in [1.165, 1.54) is 42.5 Å². The van der Waals surface area contributed by atoms with Gasteiger partial charge in [0.15, 0.2) is 0 Å². The fraction of sp³-hybridized carbons (Fsp3) is 0.367. The molecule has 2 aliphatic rings. The van der Waals surface area contributed by atoms with Crippen LogP contribution >= 0.6 is 0 Å². The Morgan fingerprint density at radius 3 is 2.49 bits per heavy atom. The van der Waals surface area contributed by atoms with E-state index in [0.29, 0.717) is 18.5 Å². The van der Waals surface area contributed by atoms with Gasteiger partial charge in [0.2, 0.25) is 0 Å². The van der Waals surface area contributed by atoms with Crippen molar-refractivity contribution >= 4 is 12.2 Å². The summed E-state index contributed by atoms with van der Waals surface area (Å²) in [4.78, 5) is 13.2. The van der Waals surface area contributed by atoms with Gasteiger partial charge in [-0.15, -0.1) is 0 Å². The van der Waals surface area contributed by atoms with Crippen LogP contribution in [0, 0.1) is 5.41 Å². The quantitative estimate of drug-likeness (QED) is 0.388. The molecule has 3 aromatic carbocycles. The Labute approximate surface area is 207 Å². The number of carbonyl (C=O) groups is 1. The van der Waals surface area contributed by atoms with Gasteiger partial charge >= 0.3 is 0 Å². The maximum Gasteiger partial charge on any atom is 0.293 e. The predicted molar refractivity (Wildman–Crippen MR) is 139 cm³/mol. The highest BCUT2D eigenvalue weighted by atomic mass is 16.5. The first-order valence-corrected chi connectivity index (χ1v) is 12.6. The van der Waals surface area contributed by atoms with Gasteiger partial charge in [0.1, 0.15) is 19.0 Å². The van der Waals surface area contributed by atoms with E-state index >= 15 is 0 Å². The van der Waals surface area contributed by atoms with E-state index in [9.17, 15) is 4.79 Å². The number of hydrogen-bond donors (Lipinski definition) is 1. The number of nitrogens with zero attached hydrogens (tertiary/aromatic N) is 1. The molecule has 0 radical (unpaired) electrons. The zero-order chi connectivity index (χ0) is 24.3. The summed E-state index contributed by atoms with van der Waals surface area (Å²) in [7, 11) is 0. The lowest BCUT2D eigenvalue weighted by Crippen LogP contribution is -2.34. The topological polar surface area (TPSA) is 64.8 Å². The third-order valence-corrected chi connectivity index (χ3v) is 7.54. The molecule has 1 atom stereocenters. The number of para-hydroxylation sites is 1.